The van der Waals surface area contributed by atoms with Crippen LogP contribution < -0.4 is 5.73 Å². The molecule has 2 aromatic heterocycles. The summed E-state index contributed by atoms with van der Waals surface area (Å²) < 4.78 is 0. The van der Waals surface area contributed by atoms with Crippen molar-refractivity contribution in [2.45, 2.75) is 17.1 Å². The molecular weight excluding hydrogens is 270 g/mol. The van der Waals surface area contributed by atoms with Crippen LogP contribution in [0.1, 0.15) is 11.3 Å². The Labute approximate surface area is 120 Å². The summed E-state index contributed by atoms with van der Waals surface area (Å²) >= 11 is 1.42. The van der Waals surface area contributed by atoms with Gasteiger partial charge in [0.05, 0.1) is 11.0 Å². The number of H-pyrrole nitrogens is 1. The molecule has 0 unspecified atom stereocenters. The average Bonchev–Trinajstić information content (AvgIpc) is 2.80. The Morgan fingerprint density at radius 2 is 2.10 bits per heavy atom. The normalized spacial score (nSPS) is 10.8. The lowest BCUT2D eigenvalue weighted by atomic mass is 10.2. The number of fused-ring (bicyclic) bond motifs is 1. The number of nitrogens with one attached hydrogen (secondary N) is 2. The van der Waals surface area contributed by atoms with Crippen LogP contribution in [0.15, 0.2) is 46.6 Å². The second-order valence-corrected chi connectivity index (χ2v) is 5.45. The van der Waals surface area contributed by atoms with Gasteiger partial charge in [0, 0.05) is 0 Å². The molecule has 20 heavy (non-hydrogen) atoms. The van der Waals surface area contributed by atoms with Crippen molar-refractivity contribution in [1.82, 2.24) is 15.0 Å². The van der Waals surface area contributed by atoms with Crippen LogP contribution >= 0.6 is 11.8 Å². The van der Waals surface area contributed by atoms with Crippen molar-refractivity contribution in [2.75, 3.05) is 0 Å². The van der Waals surface area contributed by atoms with Crippen molar-refractivity contribution < 1.29 is 0 Å². The van der Waals surface area contributed by atoms with E-state index in [0.29, 0.717) is 5.69 Å². The number of amidine groups is 1. The molecule has 0 fully saturated rings. The highest BCUT2D eigenvalue weighted by Crippen LogP contribution is 2.26. The van der Waals surface area contributed by atoms with Gasteiger partial charge in [-0.2, -0.15) is 0 Å². The summed E-state index contributed by atoms with van der Waals surface area (Å²) in [6.45, 7) is 2.05. The van der Waals surface area contributed by atoms with Crippen molar-refractivity contribution in [3.8, 4) is 0 Å². The fraction of sp³-hybridized carbons (Fsp3) is 0.0714. The van der Waals surface area contributed by atoms with E-state index in [1.54, 1.807) is 6.07 Å². The first kappa shape index (κ1) is 12.7. The number of hydrogen-bond donors (Lipinski definition) is 3. The number of benzene rings is 1. The van der Waals surface area contributed by atoms with Gasteiger partial charge in [0.1, 0.15) is 16.6 Å². The van der Waals surface area contributed by atoms with Crippen molar-refractivity contribution in [3.05, 3.63) is 47.7 Å². The fourth-order valence-corrected chi connectivity index (χ4v) is 2.66. The molecule has 0 amide bonds. The Kier molecular flexibility index (Phi) is 3.15. The van der Waals surface area contributed by atoms with Crippen LogP contribution in [-0.2, 0) is 0 Å². The minimum absolute atomic E-state index is 0.0346. The van der Waals surface area contributed by atoms with E-state index >= 15 is 0 Å². The molecule has 0 saturated heterocycles. The zero-order valence-corrected chi connectivity index (χ0v) is 11.7. The molecule has 3 rings (SSSR count). The molecule has 0 atom stereocenters. The van der Waals surface area contributed by atoms with Gasteiger partial charge < -0.3 is 10.7 Å². The van der Waals surface area contributed by atoms with E-state index in [4.69, 9.17) is 11.1 Å². The molecule has 0 aliphatic carbocycles. The van der Waals surface area contributed by atoms with Gasteiger partial charge >= 0.3 is 0 Å². The molecule has 0 aliphatic rings. The van der Waals surface area contributed by atoms with Crippen LogP contribution in [0.2, 0.25) is 0 Å². The Balaban J connectivity index is 1.92. The van der Waals surface area contributed by atoms with Gasteiger partial charge in [-0.25, -0.2) is 9.97 Å². The second kappa shape index (κ2) is 4.97. The number of nitrogens with two attached hydrogens (primary N) is 1. The Bertz CT molecular complexity index is 793. The number of rotatable bonds is 3. The first-order valence-electron chi connectivity index (χ1n) is 6.07. The van der Waals surface area contributed by atoms with Crippen molar-refractivity contribution in [2.24, 2.45) is 5.73 Å². The van der Waals surface area contributed by atoms with E-state index in [0.717, 1.165) is 21.2 Å². The number of pyridine rings is 1. The molecular formula is C14H13N5S. The number of nitrogen functional groups attached to an aromatic ring is 1. The van der Waals surface area contributed by atoms with Crippen LogP contribution in [0.3, 0.4) is 0 Å². The lowest BCUT2D eigenvalue weighted by molar-refractivity contribution is 1.05. The van der Waals surface area contributed by atoms with Crippen LogP contribution in [0.5, 0.6) is 0 Å². The van der Waals surface area contributed by atoms with Crippen molar-refractivity contribution in [3.63, 3.8) is 0 Å². The Hall–Kier alpha value is -2.34. The van der Waals surface area contributed by atoms with Crippen LogP contribution in [-0.4, -0.2) is 20.8 Å². The van der Waals surface area contributed by atoms with Gasteiger partial charge in [-0.05, 0) is 48.5 Å². The summed E-state index contributed by atoms with van der Waals surface area (Å²) in [5.41, 5.74) is 9.05. The molecule has 100 valence electrons. The number of aromatic amines is 1. The molecule has 2 heterocycles. The quantitative estimate of drug-likeness (QED) is 0.509. The number of aryl methyl sites for hydroxylation is 1. The number of imidazole rings is 1. The van der Waals surface area contributed by atoms with Crippen LogP contribution in [0.25, 0.3) is 11.0 Å². The largest absolute Gasteiger partial charge is 0.382 e. The topological polar surface area (TPSA) is 91.4 Å². The zero-order chi connectivity index (χ0) is 14.1. The van der Waals surface area contributed by atoms with Crippen molar-refractivity contribution >= 4 is 28.6 Å². The van der Waals surface area contributed by atoms with E-state index < -0.39 is 0 Å². The lowest BCUT2D eigenvalue weighted by Gasteiger charge is -2.00. The fourth-order valence-electron chi connectivity index (χ4n) is 1.87. The summed E-state index contributed by atoms with van der Waals surface area (Å²) in [5, 5.41) is 8.94. The van der Waals surface area contributed by atoms with Crippen molar-refractivity contribution in [1.29, 1.82) is 5.41 Å². The summed E-state index contributed by atoms with van der Waals surface area (Å²) in [5.74, 6) is -0.0346. The van der Waals surface area contributed by atoms with E-state index in [2.05, 4.69) is 21.0 Å². The number of hydrogen-bond acceptors (Lipinski definition) is 4. The molecule has 5 nitrogen and oxygen atoms in total. The maximum absolute atomic E-state index is 7.41. The third-order valence-electron chi connectivity index (χ3n) is 2.82. The number of nitrogens with zero attached hydrogens (tertiary/aromatic N) is 2. The summed E-state index contributed by atoms with van der Waals surface area (Å²) in [6, 6.07) is 11.5. The first-order chi connectivity index (χ1) is 9.61. The van der Waals surface area contributed by atoms with Gasteiger partial charge in [0.15, 0.2) is 5.16 Å². The number of aromatic nitrogens is 3. The summed E-state index contributed by atoms with van der Waals surface area (Å²) in [6.07, 6.45) is 0. The van der Waals surface area contributed by atoms with Crippen LogP contribution in [0, 0.1) is 12.3 Å². The van der Waals surface area contributed by atoms with Gasteiger partial charge in [-0.3, -0.25) is 5.41 Å². The van der Waals surface area contributed by atoms with Crippen LogP contribution in [0.4, 0.5) is 0 Å². The van der Waals surface area contributed by atoms with Gasteiger partial charge in [0.2, 0.25) is 0 Å². The maximum Gasteiger partial charge on any atom is 0.172 e. The average molecular weight is 283 g/mol. The molecule has 0 bridgehead atoms. The molecule has 1 aromatic carbocycles. The van der Waals surface area contributed by atoms with Gasteiger partial charge in [-0.15, -0.1) is 0 Å². The monoisotopic (exact) mass is 283 g/mol. The van der Waals surface area contributed by atoms with E-state index in [9.17, 15) is 0 Å². The lowest BCUT2D eigenvalue weighted by Crippen LogP contribution is -2.12. The SMILES string of the molecule is Cc1ccc2nc(Sc3cccc(C(=N)N)n3)[nH]c2c1. The molecule has 3 aromatic rings. The smallest absolute Gasteiger partial charge is 0.172 e. The van der Waals surface area contributed by atoms with E-state index in [-0.39, 0.29) is 5.84 Å². The Morgan fingerprint density at radius 1 is 1.25 bits per heavy atom. The summed E-state index contributed by atoms with van der Waals surface area (Å²) in [4.78, 5) is 12.1. The minimum Gasteiger partial charge on any atom is -0.382 e. The predicted octanol–water partition coefficient (Wildman–Crippen LogP) is 2.70. The minimum atomic E-state index is -0.0346. The summed E-state index contributed by atoms with van der Waals surface area (Å²) in [7, 11) is 0. The molecule has 4 N–H and O–H groups in total. The highest BCUT2D eigenvalue weighted by atomic mass is 32.2. The zero-order valence-electron chi connectivity index (χ0n) is 10.8. The van der Waals surface area contributed by atoms with Gasteiger partial charge in [0.25, 0.3) is 0 Å². The first-order valence-corrected chi connectivity index (χ1v) is 6.89. The third-order valence-corrected chi connectivity index (χ3v) is 3.64. The standard InChI is InChI=1S/C14H13N5S/c1-8-5-6-9-11(7-8)19-14(18-9)20-12-4-2-3-10(17-12)13(15)16/h2-7H,1H3,(H3,15,16)(H,18,19). The maximum atomic E-state index is 7.41. The highest BCUT2D eigenvalue weighted by Gasteiger charge is 2.07. The second-order valence-electron chi connectivity index (χ2n) is 4.44. The molecule has 0 aliphatic heterocycles. The molecule has 0 radical (unpaired) electrons. The molecule has 6 heteroatoms. The predicted molar refractivity (Wildman–Crippen MR) is 80.2 cm³/mol. The van der Waals surface area contributed by atoms with Gasteiger partial charge in [-0.1, -0.05) is 12.1 Å². The Morgan fingerprint density at radius 3 is 2.90 bits per heavy atom. The molecule has 0 spiro atoms. The van der Waals surface area contributed by atoms with E-state index in [1.807, 2.05) is 31.2 Å². The van der Waals surface area contributed by atoms with E-state index in [1.165, 1.54) is 17.3 Å². The highest BCUT2D eigenvalue weighted by molar-refractivity contribution is 7.99. The molecule has 0 saturated carbocycles. The third kappa shape index (κ3) is 2.50.